The van der Waals surface area contributed by atoms with Crippen molar-refractivity contribution in [2.24, 2.45) is 5.73 Å². The quantitative estimate of drug-likeness (QED) is 0.888. The molecule has 110 valence electrons. The van der Waals surface area contributed by atoms with Crippen LogP contribution >= 0.6 is 0 Å². The topological polar surface area (TPSA) is 82.3 Å². The second-order valence-corrected chi connectivity index (χ2v) is 4.79. The van der Waals surface area contributed by atoms with Gasteiger partial charge in [0, 0.05) is 24.3 Å². The molecule has 1 aliphatic rings. The predicted molar refractivity (Wildman–Crippen MR) is 80.7 cm³/mol. The monoisotopic (exact) mass is 286 g/mol. The Morgan fingerprint density at radius 3 is 2.76 bits per heavy atom. The van der Waals surface area contributed by atoms with Gasteiger partial charge < -0.3 is 20.5 Å². The Morgan fingerprint density at radius 2 is 1.95 bits per heavy atom. The van der Waals surface area contributed by atoms with E-state index >= 15 is 0 Å². The molecule has 0 radical (unpaired) electrons. The molecule has 0 bridgehead atoms. The Balaban J connectivity index is 1.94. The highest BCUT2D eigenvalue weighted by atomic mass is 16.6. The highest BCUT2D eigenvalue weighted by molar-refractivity contribution is 5.65. The number of nitrogens with two attached hydrogens (primary N) is 1. The first-order valence-electron chi connectivity index (χ1n) is 6.96. The Bertz CT molecular complexity index is 646. The standard InChI is InChI=1S/C15H18N4O2/c1-10-8-12(19-15(18-10)17-5-4-16)11-2-3-13-14(9-11)21-7-6-20-13/h2-3,8-9H,4-7,16H2,1H3,(H,17,18,19). The average molecular weight is 286 g/mol. The van der Waals surface area contributed by atoms with Crippen molar-refractivity contribution in [2.45, 2.75) is 6.92 Å². The number of ether oxygens (including phenoxy) is 2. The lowest BCUT2D eigenvalue weighted by Gasteiger charge is -2.19. The molecule has 0 aliphatic carbocycles. The number of fused-ring (bicyclic) bond motifs is 1. The van der Waals surface area contributed by atoms with Crippen molar-refractivity contribution in [2.75, 3.05) is 31.6 Å². The Morgan fingerprint density at radius 1 is 1.14 bits per heavy atom. The van der Waals surface area contributed by atoms with Gasteiger partial charge in [-0.1, -0.05) is 0 Å². The lowest BCUT2D eigenvalue weighted by molar-refractivity contribution is 0.171. The third kappa shape index (κ3) is 3.05. The SMILES string of the molecule is Cc1cc(-c2ccc3c(c2)OCCO3)nc(NCCN)n1. The van der Waals surface area contributed by atoms with Gasteiger partial charge in [-0.15, -0.1) is 0 Å². The molecule has 0 saturated carbocycles. The molecule has 6 heteroatoms. The molecule has 3 N–H and O–H groups in total. The number of nitrogens with one attached hydrogen (secondary N) is 1. The summed E-state index contributed by atoms with van der Waals surface area (Å²) >= 11 is 0. The maximum Gasteiger partial charge on any atom is 0.223 e. The number of benzene rings is 1. The molecule has 0 spiro atoms. The van der Waals surface area contributed by atoms with E-state index in [2.05, 4.69) is 15.3 Å². The van der Waals surface area contributed by atoms with Gasteiger partial charge in [-0.2, -0.15) is 0 Å². The van der Waals surface area contributed by atoms with Crippen molar-refractivity contribution in [3.8, 4) is 22.8 Å². The molecule has 6 nitrogen and oxygen atoms in total. The molecule has 0 unspecified atom stereocenters. The van der Waals surface area contributed by atoms with Crippen LogP contribution < -0.4 is 20.5 Å². The van der Waals surface area contributed by atoms with Crippen LogP contribution in [0.5, 0.6) is 11.5 Å². The zero-order valence-electron chi connectivity index (χ0n) is 11.9. The van der Waals surface area contributed by atoms with Gasteiger partial charge in [0.15, 0.2) is 11.5 Å². The fourth-order valence-electron chi connectivity index (χ4n) is 2.18. The van der Waals surface area contributed by atoms with Crippen molar-refractivity contribution in [1.29, 1.82) is 0 Å². The molecule has 0 saturated heterocycles. The summed E-state index contributed by atoms with van der Waals surface area (Å²) in [4.78, 5) is 8.87. The normalized spacial score (nSPS) is 13.0. The van der Waals surface area contributed by atoms with Crippen LogP contribution in [0.3, 0.4) is 0 Å². The number of aryl methyl sites for hydroxylation is 1. The lowest BCUT2D eigenvalue weighted by Crippen LogP contribution is -2.15. The molecule has 21 heavy (non-hydrogen) atoms. The Labute approximate surface area is 123 Å². The third-order valence-electron chi connectivity index (χ3n) is 3.12. The highest BCUT2D eigenvalue weighted by Crippen LogP contribution is 2.34. The van der Waals surface area contributed by atoms with Crippen LogP contribution in [0, 0.1) is 6.92 Å². The molecule has 0 atom stereocenters. The van der Waals surface area contributed by atoms with Crippen LogP contribution in [0.1, 0.15) is 5.69 Å². The molecule has 2 aromatic rings. The van der Waals surface area contributed by atoms with Crippen LogP contribution in [0.2, 0.25) is 0 Å². The van der Waals surface area contributed by atoms with Crippen molar-refractivity contribution < 1.29 is 9.47 Å². The predicted octanol–water partition coefficient (Wildman–Crippen LogP) is 1.59. The number of anilines is 1. The van der Waals surface area contributed by atoms with Crippen LogP contribution in [-0.4, -0.2) is 36.3 Å². The van der Waals surface area contributed by atoms with Gasteiger partial charge in [0.25, 0.3) is 0 Å². The third-order valence-corrected chi connectivity index (χ3v) is 3.12. The minimum Gasteiger partial charge on any atom is -0.486 e. The van der Waals surface area contributed by atoms with E-state index < -0.39 is 0 Å². The summed E-state index contributed by atoms with van der Waals surface area (Å²) in [5.74, 6) is 2.12. The van der Waals surface area contributed by atoms with Crippen LogP contribution in [0.25, 0.3) is 11.3 Å². The van der Waals surface area contributed by atoms with Crippen molar-refractivity contribution in [3.05, 3.63) is 30.0 Å². The van der Waals surface area contributed by atoms with E-state index in [1.807, 2.05) is 31.2 Å². The largest absolute Gasteiger partial charge is 0.486 e. The average Bonchev–Trinajstić information content (AvgIpc) is 2.52. The van der Waals surface area contributed by atoms with Gasteiger partial charge in [-0.25, -0.2) is 9.97 Å². The summed E-state index contributed by atoms with van der Waals surface area (Å²) < 4.78 is 11.1. The number of hydrogen-bond donors (Lipinski definition) is 2. The number of aromatic nitrogens is 2. The molecule has 1 aliphatic heterocycles. The van der Waals surface area contributed by atoms with Crippen LogP contribution in [0.4, 0.5) is 5.95 Å². The van der Waals surface area contributed by atoms with E-state index in [1.165, 1.54) is 0 Å². The van der Waals surface area contributed by atoms with E-state index in [9.17, 15) is 0 Å². The zero-order valence-corrected chi connectivity index (χ0v) is 11.9. The van der Waals surface area contributed by atoms with Crippen molar-refractivity contribution in [1.82, 2.24) is 9.97 Å². The summed E-state index contributed by atoms with van der Waals surface area (Å²) in [5, 5.41) is 3.10. The minimum absolute atomic E-state index is 0.538. The van der Waals surface area contributed by atoms with Gasteiger partial charge in [-0.05, 0) is 31.2 Å². The summed E-state index contributed by atoms with van der Waals surface area (Å²) in [6.45, 7) is 4.28. The minimum atomic E-state index is 0.538. The molecular weight excluding hydrogens is 268 g/mol. The molecule has 1 aromatic heterocycles. The first-order chi connectivity index (χ1) is 10.3. The maximum atomic E-state index is 5.61. The molecular formula is C15H18N4O2. The van der Waals surface area contributed by atoms with Crippen LogP contribution in [0.15, 0.2) is 24.3 Å². The smallest absolute Gasteiger partial charge is 0.223 e. The van der Waals surface area contributed by atoms with Crippen molar-refractivity contribution >= 4 is 5.95 Å². The van der Waals surface area contributed by atoms with E-state index in [0.29, 0.717) is 32.3 Å². The molecule has 3 rings (SSSR count). The number of hydrogen-bond acceptors (Lipinski definition) is 6. The van der Waals surface area contributed by atoms with Gasteiger partial charge in [0.1, 0.15) is 13.2 Å². The van der Waals surface area contributed by atoms with Gasteiger partial charge in [0.05, 0.1) is 5.69 Å². The van der Waals surface area contributed by atoms with Crippen LogP contribution in [-0.2, 0) is 0 Å². The second kappa shape index (κ2) is 5.97. The van der Waals surface area contributed by atoms with Gasteiger partial charge >= 0.3 is 0 Å². The first kappa shape index (κ1) is 13.6. The highest BCUT2D eigenvalue weighted by Gasteiger charge is 2.13. The van der Waals surface area contributed by atoms with E-state index in [0.717, 1.165) is 28.5 Å². The summed E-state index contributed by atoms with van der Waals surface area (Å²) in [7, 11) is 0. The zero-order chi connectivity index (χ0) is 14.7. The van der Waals surface area contributed by atoms with Gasteiger partial charge in [0.2, 0.25) is 5.95 Å². The van der Waals surface area contributed by atoms with E-state index in [1.54, 1.807) is 0 Å². The maximum absolute atomic E-state index is 5.61. The molecule has 0 amide bonds. The summed E-state index contributed by atoms with van der Waals surface area (Å²) in [5.41, 5.74) is 8.21. The Kier molecular flexibility index (Phi) is 3.87. The Hall–Kier alpha value is -2.34. The fraction of sp³-hybridized carbons (Fsp3) is 0.333. The first-order valence-corrected chi connectivity index (χ1v) is 6.96. The van der Waals surface area contributed by atoms with E-state index in [4.69, 9.17) is 15.2 Å². The van der Waals surface area contributed by atoms with E-state index in [-0.39, 0.29) is 0 Å². The summed E-state index contributed by atoms with van der Waals surface area (Å²) in [6.07, 6.45) is 0. The molecule has 0 fully saturated rings. The fourth-order valence-corrected chi connectivity index (χ4v) is 2.18. The summed E-state index contributed by atoms with van der Waals surface area (Å²) in [6, 6.07) is 7.78. The number of nitrogens with zero attached hydrogens (tertiary/aromatic N) is 2. The molecule has 2 heterocycles. The number of rotatable bonds is 4. The second-order valence-electron chi connectivity index (χ2n) is 4.79. The lowest BCUT2D eigenvalue weighted by atomic mass is 10.1. The van der Waals surface area contributed by atoms with Gasteiger partial charge in [-0.3, -0.25) is 0 Å². The molecule has 1 aromatic carbocycles. The van der Waals surface area contributed by atoms with Crippen molar-refractivity contribution in [3.63, 3.8) is 0 Å².